The molecule has 0 bridgehead atoms. The van der Waals surface area contributed by atoms with Crippen LogP contribution < -0.4 is 0 Å². The fourth-order valence-electron chi connectivity index (χ4n) is 4.25. The Morgan fingerprint density at radius 3 is 2.50 bits per heavy atom. The van der Waals surface area contributed by atoms with Crippen molar-refractivity contribution < 1.29 is 14.6 Å². The number of aliphatic hydroxyl groups is 1. The molecule has 1 saturated carbocycles. The van der Waals surface area contributed by atoms with Gasteiger partial charge in [0.1, 0.15) is 6.10 Å². The summed E-state index contributed by atoms with van der Waals surface area (Å²) in [5, 5.41) is 11.5. The minimum Gasteiger partial charge on any atom is -0.462 e. The van der Waals surface area contributed by atoms with Crippen molar-refractivity contribution in [1.29, 1.82) is 0 Å². The van der Waals surface area contributed by atoms with Crippen LogP contribution in [0.5, 0.6) is 0 Å². The van der Waals surface area contributed by atoms with Crippen LogP contribution in [0.15, 0.2) is 25.3 Å². The maximum Gasteiger partial charge on any atom is 0.302 e. The van der Waals surface area contributed by atoms with Gasteiger partial charge in [0, 0.05) is 18.8 Å². The summed E-state index contributed by atoms with van der Waals surface area (Å²) in [6, 6.07) is 0. The molecule has 126 valence electrons. The third kappa shape index (κ3) is 3.81. The first kappa shape index (κ1) is 19.0. The maximum absolute atomic E-state index is 11.5. The molecule has 0 spiro atoms. The standard InChI is InChI=1S/C19H32O3/c1-7-9-16(22-15(5)20)13-18(6)12-10-17(14(3)4)19(18,21)11-8-2/h7-8,14,16-17,21H,1-2,9-13H2,3-6H3/t16?,17-,18-,19+/m0/s1. The molecule has 0 aromatic carbocycles. The summed E-state index contributed by atoms with van der Waals surface area (Å²) in [6.07, 6.45) is 7.16. The van der Waals surface area contributed by atoms with E-state index in [4.69, 9.17) is 4.74 Å². The summed E-state index contributed by atoms with van der Waals surface area (Å²) in [6.45, 7) is 15.5. The molecule has 1 fully saturated rings. The van der Waals surface area contributed by atoms with Gasteiger partial charge in [0.15, 0.2) is 0 Å². The predicted molar refractivity (Wildman–Crippen MR) is 90.4 cm³/mol. The number of rotatable bonds is 8. The quantitative estimate of drug-likeness (QED) is 0.538. The van der Waals surface area contributed by atoms with Crippen molar-refractivity contribution in [3.8, 4) is 0 Å². The van der Waals surface area contributed by atoms with E-state index in [1.807, 2.05) is 6.08 Å². The van der Waals surface area contributed by atoms with Gasteiger partial charge in [-0.05, 0) is 37.5 Å². The van der Waals surface area contributed by atoms with Crippen LogP contribution in [0.4, 0.5) is 0 Å². The topological polar surface area (TPSA) is 46.5 Å². The molecule has 0 saturated heterocycles. The van der Waals surface area contributed by atoms with Crippen LogP contribution in [0, 0.1) is 17.3 Å². The van der Waals surface area contributed by atoms with Crippen molar-refractivity contribution >= 4 is 5.97 Å². The van der Waals surface area contributed by atoms with E-state index in [1.54, 1.807) is 6.08 Å². The van der Waals surface area contributed by atoms with Crippen LogP contribution in [0.3, 0.4) is 0 Å². The molecule has 0 aromatic rings. The molecule has 0 heterocycles. The van der Waals surface area contributed by atoms with E-state index in [-0.39, 0.29) is 23.4 Å². The van der Waals surface area contributed by atoms with Crippen molar-refractivity contribution in [1.82, 2.24) is 0 Å². The lowest BCUT2D eigenvalue weighted by molar-refractivity contribution is -0.153. The van der Waals surface area contributed by atoms with Crippen molar-refractivity contribution in [3.63, 3.8) is 0 Å². The molecule has 1 N–H and O–H groups in total. The SMILES string of the molecule is C=CCC(C[C@]1(C)CC[C@@H](C(C)C)[C@]1(O)CC=C)OC(C)=O. The molecule has 0 radical (unpaired) electrons. The molecule has 4 atom stereocenters. The lowest BCUT2D eigenvalue weighted by Crippen LogP contribution is -2.49. The molecule has 3 heteroatoms. The number of carbonyl (C=O) groups is 1. The summed E-state index contributed by atoms with van der Waals surface area (Å²) in [4.78, 5) is 11.3. The monoisotopic (exact) mass is 308 g/mol. The first-order valence-corrected chi connectivity index (χ1v) is 8.31. The molecule has 1 unspecified atom stereocenters. The summed E-state index contributed by atoms with van der Waals surface area (Å²) < 4.78 is 5.44. The molecule has 3 nitrogen and oxygen atoms in total. The largest absolute Gasteiger partial charge is 0.462 e. The van der Waals surface area contributed by atoms with Crippen molar-refractivity contribution in [2.24, 2.45) is 17.3 Å². The number of ether oxygens (including phenoxy) is 1. The number of hydrogen-bond donors (Lipinski definition) is 1. The average molecular weight is 308 g/mol. The Kier molecular flexibility index (Phi) is 6.42. The fraction of sp³-hybridized carbons (Fsp3) is 0.737. The van der Waals surface area contributed by atoms with Crippen LogP contribution in [-0.4, -0.2) is 22.8 Å². The van der Waals surface area contributed by atoms with Gasteiger partial charge in [0.05, 0.1) is 5.60 Å². The second kappa shape index (κ2) is 7.45. The summed E-state index contributed by atoms with van der Waals surface area (Å²) >= 11 is 0. The smallest absolute Gasteiger partial charge is 0.302 e. The van der Waals surface area contributed by atoms with Gasteiger partial charge in [-0.25, -0.2) is 0 Å². The third-order valence-electron chi connectivity index (χ3n) is 5.37. The Bertz CT molecular complexity index is 415. The molecular weight excluding hydrogens is 276 g/mol. The predicted octanol–water partition coefficient (Wildman–Crippen LogP) is 4.26. The zero-order valence-corrected chi connectivity index (χ0v) is 14.6. The van der Waals surface area contributed by atoms with Gasteiger partial charge in [-0.3, -0.25) is 4.79 Å². The van der Waals surface area contributed by atoms with Gasteiger partial charge in [-0.15, -0.1) is 13.2 Å². The highest BCUT2D eigenvalue weighted by Gasteiger charge is 2.57. The molecule has 22 heavy (non-hydrogen) atoms. The van der Waals surface area contributed by atoms with E-state index >= 15 is 0 Å². The normalized spacial score (nSPS) is 32.7. The van der Waals surface area contributed by atoms with E-state index in [1.165, 1.54) is 6.92 Å². The minimum absolute atomic E-state index is 0.220. The number of carbonyl (C=O) groups excluding carboxylic acids is 1. The van der Waals surface area contributed by atoms with Gasteiger partial charge >= 0.3 is 5.97 Å². The van der Waals surface area contributed by atoms with E-state index in [9.17, 15) is 9.90 Å². The van der Waals surface area contributed by atoms with Crippen molar-refractivity contribution in [2.75, 3.05) is 0 Å². The highest BCUT2D eigenvalue weighted by molar-refractivity contribution is 5.66. The van der Waals surface area contributed by atoms with E-state index in [0.29, 0.717) is 25.2 Å². The van der Waals surface area contributed by atoms with Gasteiger partial charge in [-0.2, -0.15) is 0 Å². The molecule has 0 amide bonds. The van der Waals surface area contributed by atoms with Crippen molar-refractivity contribution in [3.05, 3.63) is 25.3 Å². The van der Waals surface area contributed by atoms with Crippen LogP contribution >= 0.6 is 0 Å². The van der Waals surface area contributed by atoms with Crippen LogP contribution in [0.1, 0.15) is 59.8 Å². The van der Waals surface area contributed by atoms with E-state index in [2.05, 4.69) is 33.9 Å². The van der Waals surface area contributed by atoms with Gasteiger partial charge in [0.2, 0.25) is 0 Å². The molecular formula is C19H32O3. The molecule has 0 aliphatic heterocycles. The van der Waals surface area contributed by atoms with Crippen LogP contribution in [-0.2, 0) is 9.53 Å². The Morgan fingerprint density at radius 2 is 2.05 bits per heavy atom. The number of esters is 1. The molecule has 1 rings (SSSR count). The van der Waals surface area contributed by atoms with Gasteiger partial charge in [-0.1, -0.05) is 32.9 Å². The Balaban J connectivity index is 3.03. The molecule has 1 aliphatic rings. The lowest BCUT2D eigenvalue weighted by Gasteiger charge is -2.45. The minimum atomic E-state index is -0.789. The van der Waals surface area contributed by atoms with Gasteiger partial charge < -0.3 is 9.84 Å². The Morgan fingerprint density at radius 1 is 1.41 bits per heavy atom. The Hall–Kier alpha value is -1.09. The highest BCUT2D eigenvalue weighted by atomic mass is 16.5. The number of hydrogen-bond acceptors (Lipinski definition) is 3. The van der Waals surface area contributed by atoms with E-state index in [0.717, 1.165) is 12.8 Å². The average Bonchev–Trinajstić information content (AvgIpc) is 2.61. The summed E-state index contributed by atoms with van der Waals surface area (Å²) in [5.41, 5.74) is -1.07. The second-order valence-electron chi connectivity index (χ2n) is 7.33. The Labute approximate surface area is 135 Å². The van der Waals surface area contributed by atoms with Crippen molar-refractivity contribution in [2.45, 2.75) is 71.5 Å². The van der Waals surface area contributed by atoms with Crippen LogP contribution in [0.2, 0.25) is 0 Å². The highest BCUT2D eigenvalue weighted by Crippen LogP contribution is 2.56. The fourth-order valence-corrected chi connectivity index (χ4v) is 4.25. The second-order valence-corrected chi connectivity index (χ2v) is 7.33. The lowest BCUT2D eigenvalue weighted by atomic mass is 9.65. The first-order chi connectivity index (χ1) is 10.2. The zero-order chi connectivity index (χ0) is 17.0. The third-order valence-corrected chi connectivity index (χ3v) is 5.37. The maximum atomic E-state index is 11.5. The summed E-state index contributed by atoms with van der Waals surface area (Å²) in [5.74, 6) is 0.386. The van der Waals surface area contributed by atoms with Crippen LogP contribution in [0.25, 0.3) is 0 Å². The summed E-state index contributed by atoms with van der Waals surface area (Å²) in [7, 11) is 0. The molecule has 1 aliphatic carbocycles. The molecule has 0 aromatic heterocycles. The van der Waals surface area contributed by atoms with E-state index < -0.39 is 5.60 Å². The first-order valence-electron chi connectivity index (χ1n) is 8.31. The van der Waals surface area contributed by atoms with Gasteiger partial charge in [0.25, 0.3) is 0 Å². The zero-order valence-electron chi connectivity index (χ0n) is 14.6.